The van der Waals surface area contributed by atoms with Gasteiger partial charge in [0.05, 0.1) is 7.11 Å². The number of rotatable bonds is 5. The van der Waals surface area contributed by atoms with Crippen LogP contribution in [0.2, 0.25) is 0 Å². The third-order valence-electron chi connectivity index (χ3n) is 6.01. The zero-order valence-corrected chi connectivity index (χ0v) is 16.9. The highest BCUT2D eigenvalue weighted by Gasteiger charge is 2.28. The lowest BCUT2D eigenvalue weighted by atomic mass is 9.94. The van der Waals surface area contributed by atoms with Crippen molar-refractivity contribution >= 4 is 23.0 Å². The van der Waals surface area contributed by atoms with Crippen LogP contribution in [0.4, 0.5) is 6.01 Å². The van der Waals surface area contributed by atoms with Gasteiger partial charge in [-0.2, -0.15) is 4.98 Å². The number of carbonyl (C=O) groups excluding carboxylic acids is 1. The molecular formula is C21H30N4O3. The minimum atomic E-state index is 0.296. The number of likely N-dealkylation sites (N-methyl/N-ethyl adjacent to an activating group) is 1. The second kappa shape index (κ2) is 8.39. The maximum atomic E-state index is 12.8. The normalized spacial score (nSPS) is 21.3. The van der Waals surface area contributed by atoms with Crippen molar-refractivity contribution in [3.05, 3.63) is 18.2 Å². The Bertz CT molecular complexity index is 813. The molecule has 2 aliphatic rings. The third-order valence-corrected chi connectivity index (χ3v) is 6.01. The van der Waals surface area contributed by atoms with Crippen LogP contribution in [-0.2, 0) is 4.79 Å². The molecule has 28 heavy (non-hydrogen) atoms. The van der Waals surface area contributed by atoms with Crippen LogP contribution in [-0.4, -0.2) is 73.6 Å². The summed E-state index contributed by atoms with van der Waals surface area (Å²) >= 11 is 0. The number of fused-ring (bicyclic) bond motifs is 1. The number of methoxy groups -OCH3 is 1. The molecule has 0 bridgehead atoms. The Kier molecular flexibility index (Phi) is 5.71. The van der Waals surface area contributed by atoms with Gasteiger partial charge in [0.25, 0.3) is 6.01 Å². The van der Waals surface area contributed by atoms with Gasteiger partial charge < -0.3 is 23.9 Å². The molecule has 2 saturated heterocycles. The molecule has 1 atom stereocenters. The van der Waals surface area contributed by atoms with Crippen molar-refractivity contribution in [2.45, 2.75) is 26.2 Å². The Balaban J connectivity index is 1.37. The lowest BCUT2D eigenvalue weighted by Gasteiger charge is -2.36. The second-order valence-corrected chi connectivity index (χ2v) is 7.80. The number of hydrogen-bond donors (Lipinski definition) is 0. The summed E-state index contributed by atoms with van der Waals surface area (Å²) in [7, 11) is 1.65. The van der Waals surface area contributed by atoms with Crippen LogP contribution in [0.1, 0.15) is 26.2 Å². The fourth-order valence-corrected chi connectivity index (χ4v) is 4.25. The Hall–Kier alpha value is -2.28. The monoisotopic (exact) mass is 386 g/mol. The molecular weight excluding hydrogens is 356 g/mol. The molecule has 0 saturated carbocycles. The Morgan fingerprint density at radius 2 is 2.07 bits per heavy atom. The van der Waals surface area contributed by atoms with Crippen LogP contribution in [0.5, 0.6) is 5.75 Å². The van der Waals surface area contributed by atoms with Gasteiger partial charge >= 0.3 is 0 Å². The molecule has 2 fully saturated rings. The molecule has 1 unspecified atom stereocenters. The molecule has 7 nitrogen and oxygen atoms in total. The quantitative estimate of drug-likeness (QED) is 0.787. The van der Waals surface area contributed by atoms with Crippen molar-refractivity contribution in [3.8, 4) is 5.75 Å². The molecule has 4 rings (SSSR count). The molecule has 0 spiro atoms. The first-order valence-electron chi connectivity index (χ1n) is 10.4. The summed E-state index contributed by atoms with van der Waals surface area (Å²) in [6.07, 6.45) is 2.77. The van der Waals surface area contributed by atoms with Crippen molar-refractivity contribution in [3.63, 3.8) is 0 Å². The number of anilines is 1. The van der Waals surface area contributed by atoms with E-state index in [1.165, 1.54) is 0 Å². The van der Waals surface area contributed by atoms with Crippen molar-refractivity contribution in [2.75, 3.05) is 57.8 Å². The van der Waals surface area contributed by atoms with Crippen molar-refractivity contribution < 1.29 is 13.9 Å². The van der Waals surface area contributed by atoms with Crippen LogP contribution in [0.15, 0.2) is 22.6 Å². The van der Waals surface area contributed by atoms with E-state index in [0.717, 1.165) is 75.5 Å². The van der Waals surface area contributed by atoms with E-state index in [1.54, 1.807) is 7.11 Å². The first-order chi connectivity index (χ1) is 13.7. The van der Waals surface area contributed by atoms with Gasteiger partial charge in [0, 0.05) is 51.8 Å². The maximum absolute atomic E-state index is 12.8. The standard InChI is InChI=1S/C21H30N4O3/c1-3-23-9-11-24(12-10-23)20(26)13-16-5-4-8-25(15-16)21-22-18-14-17(27-2)6-7-19(18)28-21/h6-7,14,16H,3-5,8-13,15H2,1-2H3. The number of benzene rings is 1. The number of amides is 1. The van der Waals surface area contributed by atoms with Crippen LogP contribution < -0.4 is 9.64 Å². The van der Waals surface area contributed by atoms with E-state index in [-0.39, 0.29) is 0 Å². The molecule has 152 valence electrons. The van der Waals surface area contributed by atoms with E-state index < -0.39 is 0 Å². The summed E-state index contributed by atoms with van der Waals surface area (Å²) in [5, 5.41) is 0. The summed E-state index contributed by atoms with van der Waals surface area (Å²) in [6, 6.07) is 6.32. The molecule has 0 aliphatic carbocycles. The summed E-state index contributed by atoms with van der Waals surface area (Å²) in [5.41, 5.74) is 1.57. The van der Waals surface area contributed by atoms with Gasteiger partial charge in [-0.3, -0.25) is 4.79 Å². The molecule has 0 N–H and O–H groups in total. The highest BCUT2D eigenvalue weighted by atomic mass is 16.5. The topological polar surface area (TPSA) is 62.0 Å². The number of aromatic nitrogens is 1. The third kappa shape index (κ3) is 4.09. The molecule has 1 amide bonds. The number of piperidine rings is 1. The number of oxazole rings is 1. The van der Waals surface area contributed by atoms with Crippen LogP contribution in [0.25, 0.3) is 11.1 Å². The average Bonchev–Trinajstić information content (AvgIpc) is 3.17. The van der Waals surface area contributed by atoms with Crippen LogP contribution in [0, 0.1) is 5.92 Å². The highest BCUT2D eigenvalue weighted by molar-refractivity contribution is 5.77. The van der Waals surface area contributed by atoms with Gasteiger partial charge in [-0.15, -0.1) is 0 Å². The fraction of sp³-hybridized carbons (Fsp3) is 0.619. The fourth-order valence-electron chi connectivity index (χ4n) is 4.25. The summed E-state index contributed by atoms with van der Waals surface area (Å²) in [4.78, 5) is 24.0. The Morgan fingerprint density at radius 1 is 1.25 bits per heavy atom. The lowest BCUT2D eigenvalue weighted by molar-refractivity contribution is -0.134. The molecule has 2 aromatic rings. The molecule has 1 aromatic heterocycles. The van der Waals surface area contributed by atoms with Gasteiger partial charge in [-0.1, -0.05) is 6.92 Å². The van der Waals surface area contributed by atoms with Gasteiger partial charge in [0.15, 0.2) is 5.58 Å². The molecule has 1 aromatic carbocycles. The second-order valence-electron chi connectivity index (χ2n) is 7.80. The van der Waals surface area contributed by atoms with Crippen LogP contribution >= 0.6 is 0 Å². The molecule has 2 aliphatic heterocycles. The summed E-state index contributed by atoms with van der Waals surface area (Å²) in [6.45, 7) is 8.68. The minimum Gasteiger partial charge on any atom is -0.497 e. The van der Waals surface area contributed by atoms with Gasteiger partial charge in [0.2, 0.25) is 5.91 Å². The zero-order chi connectivity index (χ0) is 19.5. The van der Waals surface area contributed by atoms with E-state index in [2.05, 4.69) is 21.7 Å². The number of carbonyl (C=O) groups is 1. The first-order valence-corrected chi connectivity index (χ1v) is 10.4. The maximum Gasteiger partial charge on any atom is 0.298 e. The zero-order valence-electron chi connectivity index (χ0n) is 16.9. The predicted octanol–water partition coefficient (Wildman–Crippen LogP) is 2.61. The smallest absolute Gasteiger partial charge is 0.298 e. The Labute approximate surface area is 166 Å². The van der Waals surface area contributed by atoms with Crippen molar-refractivity contribution in [1.82, 2.24) is 14.8 Å². The van der Waals surface area contributed by atoms with E-state index in [9.17, 15) is 4.79 Å². The van der Waals surface area contributed by atoms with Gasteiger partial charge in [-0.05, 0) is 37.4 Å². The number of nitrogens with zero attached hydrogens (tertiary/aromatic N) is 4. The van der Waals surface area contributed by atoms with E-state index in [4.69, 9.17) is 9.15 Å². The molecule has 3 heterocycles. The summed E-state index contributed by atoms with van der Waals surface area (Å²) < 4.78 is 11.2. The van der Waals surface area contributed by atoms with E-state index in [0.29, 0.717) is 24.3 Å². The molecule has 0 radical (unpaired) electrons. The van der Waals surface area contributed by atoms with Crippen LogP contribution in [0.3, 0.4) is 0 Å². The highest BCUT2D eigenvalue weighted by Crippen LogP contribution is 2.29. The lowest BCUT2D eigenvalue weighted by Crippen LogP contribution is -2.49. The first kappa shape index (κ1) is 19.1. The number of ether oxygens (including phenoxy) is 1. The van der Waals surface area contributed by atoms with Crippen molar-refractivity contribution in [1.29, 1.82) is 0 Å². The van der Waals surface area contributed by atoms with Gasteiger partial charge in [-0.25, -0.2) is 0 Å². The largest absolute Gasteiger partial charge is 0.497 e. The predicted molar refractivity (Wildman–Crippen MR) is 109 cm³/mol. The summed E-state index contributed by atoms with van der Waals surface area (Å²) in [5.74, 6) is 1.43. The Morgan fingerprint density at radius 3 is 2.82 bits per heavy atom. The van der Waals surface area contributed by atoms with Gasteiger partial charge in [0.1, 0.15) is 11.3 Å². The SMILES string of the molecule is CCN1CCN(C(=O)CC2CCCN(c3nc4cc(OC)ccc4o3)C2)CC1. The van der Waals surface area contributed by atoms with Crippen molar-refractivity contribution in [2.24, 2.45) is 5.92 Å². The van der Waals surface area contributed by atoms with E-state index >= 15 is 0 Å². The average molecular weight is 386 g/mol. The molecule has 7 heteroatoms. The number of piperazine rings is 1. The van der Waals surface area contributed by atoms with E-state index in [1.807, 2.05) is 23.1 Å². The minimum absolute atomic E-state index is 0.296. The number of hydrogen-bond acceptors (Lipinski definition) is 6.